The predicted octanol–water partition coefficient (Wildman–Crippen LogP) is 0.0967. The predicted molar refractivity (Wildman–Crippen MR) is 58.9 cm³/mol. The van der Waals surface area contributed by atoms with Crippen molar-refractivity contribution in [1.82, 2.24) is 0 Å². The zero-order chi connectivity index (χ0) is 10.9. The van der Waals surface area contributed by atoms with Crippen LogP contribution in [0.1, 0.15) is 26.3 Å². The van der Waals surface area contributed by atoms with Crippen LogP contribution in [0.4, 0.5) is 0 Å². The molecule has 0 aromatic heterocycles. The van der Waals surface area contributed by atoms with Gasteiger partial charge in [-0.3, -0.25) is 0 Å². The number of benzene rings is 1. The minimum absolute atomic E-state index is 0.129. The maximum Gasteiger partial charge on any atom is 0.192 e. The summed E-state index contributed by atoms with van der Waals surface area (Å²) in [6.07, 6.45) is 0. The molecule has 4 heteroatoms. The van der Waals surface area contributed by atoms with Gasteiger partial charge in [-0.2, -0.15) is 0 Å². The van der Waals surface area contributed by atoms with E-state index in [1.54, 1.807) is 6.07 Å². The first-order valence-electron chi connectivity index (χ1n) is 4.53. The summed E-state index contributed by atoms with van der Waals surface area (Å²) in [5.41, 5.74) is 0.776. The van der Waals surface area contributed by atoms with Gasteiger partial charge in [0, 0.05) is 5.19 Å². The number of phenolic OH excluding ortho intramolecular Hbond substituents is 2. The molecule has 3 N–H and O–H groups in total. The molecule has 0 unspecified atom stereocenters. The highest BCUT2D eigenvalue weighted by atomic mass is 28.2. The average molecular weight is 212 g/mol. The fraction of sp³-hybridized carbons (Fsp3) is 0.400. The molecule has 0 bridgehead atoms. The molecule has 0 aliphatic rings. The fourth-order valence-corrected chi connectivity index (χ4v) is 2.64. The van der Waals surface area contributed by atoms with Gasteiger partial charge < -0.3 is 15.0 Å². The lowest BCUT2D eigenvalue weighted by molar-refractivity contribution is 0.404. The van der Waals surface area contributed by atoms with Gasteiger partial charge in [-0.05, 0) is 17.0 Å². The first-order chi connectivity index (χ1) is 6.38. The second-order valence-corrected chi connectivity index (χ2v) is 5.39. The number of rotatable bonds is 1. The molecule has 0 saturated carbocycles. The van der Waals surface area contributed by atoms with Crippen molar-refractivity contribution in [3.8, 4) is 11.5 Å². The van der Waals surface area contributed by atoms with Crippen LogP contribution < -0.4 is 5.19 Å². The van der Waals surface area contributed by atoms with Crippen LogP contribution in [-0.2, 0) is 5.41 Å². The molecule has 0 spiro atoms. The monoisotopic (exact) mass is 212 g/mol. The van der Waals surface area contributed by atoms with Crippen molar-refractivity contribution < 1.29 is 15.0 Å². The molecule has 0 radical (unpaired) electrons. The summed E-state index contributed by atoms with van der Waals surface area (Å²) < 4.78 is 0. The van der Waals surface area contributed by atoms with E-state index in [1.807, 2.05) is 20.8 Å². The first-order valence-corrected chi connectivity index (χ1v) is 5.87. The molecule has 0 atom stereocenters. The summed E-state index contributed by atoms with van der Waals surface area (Å²) >= 11 is 0. The van der Waals surface area contributed by atoms with E-state index in [0.717, 1.165) is 5.56 Å². The van der Waals surface area contributed by atoms with Gasteiger partial charge >= 0.3 is 0 Å². The van der Waals surface area contributed by atoms with Gasteiger partial charge in [0.05, 0.1) is 0 Å². The van der Waals surface area contributed by atoms with Crippen LogP contribution in [-0.4, -0.2) is 24.8 Å². The summed E-state index contributed by atoms with van der Waals surface area (Å²) in [5, 5.41) is 19.4. The Kier molecular flexibility index (Phi) is 2.87. The lowest BCUT2D eigenvalue weighted by Gasteiger charge is -2.23. The molecular weight excluding hydrogens is 196 g/mol. The van der Waals surface area contributed by atoms with Gasteiger partial charge in [0.1, 0.15) is 0 Å². The Bertz CT molecular complexity index is 342. The summed E-state index contributed by atoms with van der Waals surface area (Å²) in [6.45, 7) is 6.02. The molecule has 0 heterocycles. The summed E-state index contributed by atoms with van der Waals surface area (Å²) in [7, 11) is -1.48. The van der Waals surface area contributed by atoms with Gasteiger partial charge in [0.15, 0.2) is 21.3 Å². The highest BCUT2D eigenvalue weighted by Crippen LogP contribution is 2.28. The van der Waals surface area contributed by atoms with Crippen molar-refractivity contribution in [3.63, 3.8) is 0 Å². The molecule has 3 nitrogen and oxygen atoms in total. The maximum atomic E-state index is 9.57. The van der Waals surface area contributed by atoms with E-state index >= 15 is 0 Å². The molecular formula is C10H16O3Si. The van der Waals surface area contributed by atoms with Crippen LogP contribution in [0, 0.1) is 0 Å². The lowest BCUT2D eigenvalue weighted by atomic mass is 9.87. The van der Waals surface area contributed by atoms with E-state index in [0.29, 0.717) is 5.19 Å². The van der Waals surface area contributed by atoms with Crippen molar-refractivity contribution in [2.24, 2.45) is 0 Å². The Balaban J connectivity index is 3.39. The van der Waals surface area contributed by atoms with Gasteiger partial charge in [0.25, 0.3) is 0 Å². The Morgan fingerprint density at radius 2 is 1.71 bits per heavy atom. The van der Waals surface area contributed by atoms with E-state index in [1.165, 1.54) is 6.07 Å². The van der Waals surface area contributed by atoms with E-state index in [-0.39, 0.29) is 16.9 Å². The molecule has 0 fully saturated rings. The van der Waals surface area contributed by atoms with Crippen LogP contribution in [0.3, 0.4) is 0 Å². The third-order valence-corrected chi connectivity index (χ3v) is 3.26. The van der Waals surface area contributed by atoms with Crippen LogP contribution in [0.25, 0.3) is 0 Å². The Morgan fingerprint density at radius 1 is 1.14 bits per heavy atom. The SMILES string of the molecule is CC(C)(C)c1ccc(O)c(O)c1[SiH2]O. The van der Waals surface area contributed by atoms with E-state index in [4.69, 9.17) is 0 Å². The van der Waals surface area contributed by atoms with E-state index in [9.17, 15) is 15.0 Å². The lowest BCUT2D eigenvalue weighted by Crippen LogP contribution is -2.27. The molecule has 0 aliphatic carbocycles. The fourth-order valence-electron chi connectivity index (χ4n) is 1.49. The molecule has 1 aromatic carbocycles. The average Bonchev–Trinajstić information content (AvgIpc) is 2.07. The van der Waals surface area contributed by atoms with Gasteiger partial charge in [-0.15, -0.1) is 0 Å². The molecule has 1 aromatic rings. The van der Waals surface area contributed by atoms with E-state index in [2.05, 4.69) is 0 Å². The minimum atomic E-state index is -1.48. The van der Waals surface area contributed by atoms with Crippen LogP contribution >= 0.6 is 0 Å². The third kappa shape index (κ3) is 1.91. The second-order valence-electron chi connectivity index (χ2n) is 4.37. The molecule has 1 rings (SSSR count). The number of phenols is 2. The van der Waals surface area contributed by atoms with Crippen LogP contribution in [0.2, 0.25) is 0 Å². The third-order valence-electron chi connectivity index (χ3n) is 2.23. The Hall–Kier alpha value is -1.00. The maximum absolute atomic E-state index is 9.57. The van der Waals surface area contributed by atoms with Gasteiger partial charge in [-0.25, -0.2) is 0 Å². The summed E-state index contributed by atoms with van der Waals surface area (Å²) in [6, 6.07) is 3.22. The van der Waals surface area contributed by atoms with Gasteiger partial charge in [-0.1, -0.05) is 26.8 Å². The molecule has 0 aliphatic heterocycles. The Morgan fingerprint density at radius 3 is 2.14 bits per heavy atom. The first kappa shape index (κ1) is 11.1. The normalized spacial score (nSPS) is 12.6. The quantitative estimate of drug-likeness (QED) is 0.457. The van der Waals surface area contributed by atoms with Gasteiger partial charge in [0.2, 0.25) is 0 Å². The Labute approximate surface area is 86.0 Å². The molecule has 0 amide bonds. The van der Waals surface area contributed by atoms with Crippen molar-refractivity contribution in [2.45, 2.75) is 26.2 Å². The highest BCUT2D eigenvalue weighted by molar-refractivity contribution is 6.48. The zero-order valence-electron chi connectivity index (χ0n) is 8.70. The molecule has 78 valence electrons. The zero-order valence-corrected chi connectivity index (χ0v) is 10.1. The van der Waals surface area contributed by atoms with Crippen molar-refractivity contribution >= 4 is 14.9 Å². The molecule has 0 saturated heterocycles. The van der Waals surface area contributed by atoms with Crippen molar-refractivity contribution in [3.05, 3.63) is 17.7 Å². The van der Waals surface area contributed by atoms with Crippen molar-refractivity contribution in [2.75, 3.05) is 0 Å². The molecule has 14 heavy (non-hydrogen) atoms. The highest BCUT2D eigenvalue weighted by Gasteiger charge is 2.21. The van der Waals surface area contributed by atoms with Crippen molar-refractivity contribution in [1.29, 1.82) is 0 Å². The largest absolute Gasteiger partial charge is 0.504 e. The smallest absolute Gasteiger partial charge is 0.192 e. The number of hydrogen-bond acceptors (Lipinski definition) is 3. The topological polar surface area (TPSA) is 60.7 Å². The standard InChI is InChI=1S/C10H16O3Si/c1-10(2,3)6-4-5-7(11)8(12)9(6)14-13/h4-5,11-13H,14H2,1-3H3. The number of hydrogen-bond donors (Lipinski definition) is 3. The summed E-state index contributed by atoms with van der Waals surface area (Å²) in [4.78, 5) is 9.25. The minimum Gasteiger partial charge on any atom is -0.504 e. The second kappa shape index (κ2) is 3.63. The van der Waals surface area contributed by atoms with Crippen LogP contribution in [0.5, 0.6) is 11.5 Å². The number of aromatic hydroxyl groups is 2. The van der Waals surface area contributed by atoms with Crippen LogP contribution in [0.15, 0.2) is 12.1 Å². The van der Waals surface area contributed by atoms with E-state index < -0.39 is 9.76 Å². The summed E-state index contributed by atoms with van der Waals surface area (Å²) in [5.74, 6) is -0.318.